The number of hydrogen-bond donors (Lipinski definition) is 0. The summed E-state index contributed by atoms with van der Waals surface area (Å²) >= 11 is 9.62. The Balaban J connectivity index is 2.25. The largest absolute Gasteiger partial charge is 0.207 e. The van der Waals surface area contributed by atoms with E-state index in [1.807, 2.05) is 0 Å². The molecule has 100 valence electrons. The second-order valence-corrected chi connectivity index (χ2v) is 6.24. The number of aryl methyl sites for hydroxylation is 2. The van der Waals surface area contributed by atoms with E-state index < -0.39 is 0 Å². The van der Waals surface area contributed by atoms with E-state index in [0.29, 0.717) is 17.0 Å². The van der Waals surface area contributed by atoms with Gasteiger partial charge in [0.15, 0.2) is 0 Å². The third-order valence-corrected chi connectivity index (χ3v) is 4.41. The van der Waals surface area contributed by atoms with Crippen molar-refractivity contribution in [2.75, 3.05) is 0 Å². The summed E-state index contributed by atoms with van der Waals surface area (Å²) < 4.78 is 13.8. The number of halogens is 3. The van der Waals surface area contributed by atoms with Crippen molar-refractivity contribution >= 4 is 27.5 Å². The van der Waals surface area contributed by atoms with Crippen LogP contribution < -0.4 is 0 Å². The zero-order valence-corrected chi connectivity index (χ0v) is 13.2. The highest BCUT2D eigenvalue weighted by molar-refractivity contribution is 9.09. The molecule has 1 atom stereocenters. The van der Waals surface area contributed by atoms with Gasteiger partial charge >= 0.3 is 0 Å². The molecule has 2 aromatic rings. The minimum Gasteiger partial charge on any atom is -0.207 e. The first-order valence-corrected chi connectivity index (χ1v) is 7.42. The summed E-state index contributed by atoms with van der Waals surface area (Å²) in [5, 5.41) is 0.464. The van der Waals surface area contributed by atoms with Crippen LogP contribution in [0.2, 0.25) is 5.02 Å². The van der Waals surface area contributed by atoms with Crippen molar-refractivity contribution < 1.29 is 4.39 Å². The number of alkyl halides is 1. The van der Waals surface area contributed by atoms with E-state index in [9.17, 15) is 4.39 Å². The van der Waals surface area contributed by atoms with Crippen LogP contribution in [0.15, 0.2) is 36.4 Å². The molecule has 0 radical (unpaired) electrons. The minimum atomic E-state index is -0.266. The lowest BCUT2D eigenvalue weighted by molar-refractivity contribution is 0.608. The highest BCUT2D eigenvalue weighted by Crippen LogP contribution is 2.34. The average Bonchev–Trinajstić information content (AvgIpc) is 2.33. The molecule has 0 amide bonds. The summed E-state index contributed by atoms with van der Waals surface area (Å²) in [4.78, 5) is -0.122. The van der Waals surface area contributed by atoms with Crippen molar-refractivity contribution in [1.29, 1.82) is 0 Å². The fourth-order valence-electron chi connectivity index (χ4n) is 2.05. The Morgan fingerprint density at radius 2 is 1.89 bits per heavy atom. The van der Waals surface area contributed by atoms with Crippen LogP contribution in [0.1, 0.15) is 27.1 Å². The normalized spacial score (nSPS) is 12.5. The molecule has 19 heavy (non-hydrogen) atoms. The van der Waals surface area contributed by atoms with Gasteiger partial charge in [-0.05, 0) is 49.1 Å². The first-order valence-electron chi connectivity index (χ1n) is 6.13. The summed E-state index contributed by atoms with van der Waals surface area (Å²) in [6, 6.07) is 11.1. The van der Waals surface area contributed by atoms with Crippen molar-refractivity contribution in [2.24, 2.45) is 0 Å². The van der Waals surface area contributed by atoms with E-state index in [-0.39, 0.29) is 10.6 Å². The molecule has 0 saturated carbocycles. The zero-order valence-electron chi connectivity index (χ0n) is 10.9. The maximum absolute atomic E-state index is 13.8. The van der Waals surface area contributed by atoms with Gasteiger partial charge in [-0.15, -0.1) is 0 Å². The standard InChI is InChI=1S/C16H15BrClF/c1-10-6-7-12(8-11(10)2)9-13(17)16-14(18)4-3-5-15(16)19/h3-8,13H,9H2,1-2H3. The second-order valence-electron chi connectivity index (χ2n) is 4.73. The molecule has 0 N–H and O–H groups in total. The van der Waals surface area contributed by atoms with E-state index >= 15 is 0 Å². The molecule has 1 unspecified atom stereocenters. The fraction of sp³-hybridized carbons (Fsp3) is 0.250. The van der Waals surface area contributed by atoms with Gasteiger partial charge in [0.2, 0.25) is 0 Å². The summed E-state index contributed by atoms with van der Waals surface area (Å²) in [5.74, 6) is -0.266. The van der Waals surface area contributed by atoms with Gasteiger partial charge in [-0.25, -0.2) is 4.39 Å². The Labute approximate surface area is 126 Å². The van der Waals surface area contributed by atoms with Gasteiger partial charge in [-0.1, -0.05) is 51.8 Å². The van der Waals surface area contributed by atoms with Crippen molar-refractivity contribution in [3.63, 3.8) is 0 Å². The molecule has 0 aromatic heterocycles. The van der Waals surface area contributed by atoms with Crippen LogP contribution in [0.3, 0.4) is 0 Å². The van der Waals surface area contributed by atoms with Gasteiger partial charge in [0.25, 0.3) is 0 Å². The molecule has 3 heteroatoms. The Morgan fingerprint density at radius 1 is 1.16 bits per heavy atom. The maximum Gasteiger partial charge on any atom is 0.129 e. The lowest BCUT2D eigenvalue weighted by atomic mass is 10.00. The first kappa shape index (κ1) is 14.5. The summed E-state index contributed by atoms with van der Waals surface area (Å²) in [7, 11) is 0. The Hall–Kier alpha value is -0.860. The van der Waals surface area contributed by atoms with E-state index in [0.717, 1.165) is 0 Å². The van der Waals surface area contributed by atoms with Gasteiger partial charge in [0, 0.05) is 15.4 Å². The number of hydrogen-bond acceptors (Lipinski definition) is 0. The lowest BCUT2D eigenvalue weighted by Crippen LogP contribution is -2.00. The van der Waals surface area contributed by atoms with Gasteiger partial charge < -0.3 is 0 Å². The van der Waals surface area contributed by atoms with E-state index in [1.54, 1.807) is 12.1 Å². The molecule has 2 rings (SSSR count). The summed E-state index contributed by atoms with van der Waals surface area (Å²) in [5.41, 5.74) is 4.21. The van der Waals surface area contributed by atoms with E-state index in [1.165, 1.54) is 22.8 Å². The smallest absolute Gasteiger partial charge is 0.129 e. The minimum absolute atomic E-state index is 0.122. The fourth-order valence-corrected chi connectivity index (χ4v) is 3.32. The molecule has 0 aliphatic heterocycles. The molecule has 0 fully saturated rings. The Morgan fingerprint density at radius 3 is 2.53 bits per heavy atom. The van der Waals surface area contributed by atoms with Crippen LogP contribution in [-0.2, 0) is 6.42 Å². The van der Waals surface area contributed by atoms with Gasteiger partial charge in [-0.3, -0.25) is 0 Å². The van der Waals surface area contributed by atoms with Crippen molar-refractivity contribution in [2.45, 2.75) is 25.1 Å². The average molecular weight is 342 g/mol. The highest BCUT2D eigenvalue weighted by atomic mass is 79.9. The van der Waals surface area contributed by atoms with Crippen LogP contribution in [0.4, 0.5) is 4.39 Å². The monoisotopic (exact) mass is 340 g/mol. The van der Waals surface area contributed by atoms with Gasteiger partial charge in [0.05, 0.1) is 0 Å². The van der Waals surface area contributed by atoms with Crippen molar-refractivity contribution in [3.05, 3.63) is 69.5 Å². The molecule has 0 nitrogen and oxygen atoms in total. The molecular formula is C16H15BrClF. The zero-order chi connectivity index (χ0) is 14.0. The number of rotatable bonds is 3. The molecule has 0 saturated heterocycles. The lowest BCUT2D eigenvalue weighted by Gasteiger charge is -2.14. The quantitative estimate of drug-likeness (QED) is 0.621. The van der Waals surface area contributed by atoms with Crippen LogP contribution in [0.5, 0.6) is 0 Å². The second kappa shape index (κ2) is 6.06. The molecule has 0 spiro atoms. The van der Waals surface area contributed by atoms with E-state index in [4.69, 9.17) is 11.6 Å². The highest BCUT2D eigenvalue weighted by Gasteiger charge is 2.16. The van der Waals surface area contributed by atoms with Crippen LogP contribution in [0.25, 0.3) is 0 Å². The first-order chi connectivity index (χ1) is 8.99. The molecule has 0 bridgehead atoms. The molecule has 2 aromatic carbocycles. The number of benzene rings is 2. The molecule has 0 aliphatic carbocycles. The van der Waals surface area contributed by atoms with Crippen LogP contribution in [-0.4, -0.2) is 0 Å². The Bertz CT molecular complexity index is 575. The van der Waals surface area contributed by atoms with Crippen molar-refractivity contribution in [1.82, 2.24) is 0 Å². The molecular weight excluding hydrogens is 327 g/mol. The van der Waals surface area contributed by atoms with Crippen LogP contribution in [0, 0.1) is 19.7 Å². The SMILES string of the molecule is Cc1ccc(CC(Br)c2c(F)cccc2Cl)cc1C. The van der Waals surface area contributed by atoms with E-state index in [2.05, 4.69) is 48.0 Å². The third-order valence-electron chi connectivity index (χ3n) is 3.30. The summed E-state index contributed by atoms with van der Waals surface area (Å²) in [6.07, 6.45) is 0.710. The van der Waals surface area contributed by atoms with Crippen LogP contribution >= 0.6 is 27.5 Å². The predicted octanol–water partition coefficient (Wildman–Crippen LogP) is 5.77. The molecule has 0 aliphatic rings. The topological polar surface area (TPSA) is 0 Å². The third kappa shape index (κ3) is 3.37. The maximum atomic E-state index is 13.8. The predicted molar refractivity (Wildman–Crippen MR) is 82.7 cm³/mol. The van der Waals surface area contributed by atoms with Crippen molar-refractivity contribution in [3.8, 4) is 0 Å². The molecule has 0 heterocycles. The van der Waals surface area contributed by atoms with Gasteiger partial charge in [0.1, 0.15) is 5.82 Å². The summed E-state index contributed by atoms with van der Waals surface area (Å²) in [6.45, 7) is 4.16. The Kier molecular flexibility index (Phi) is 4.64. The van der Waals surface area contributed by atoms with Gasteiger partial charge in [-0.2, -0.15) is 0 Å².